The lowest BCUT2D eigenvalue weighted by atomic mass is 9.78. The first-order chi connectivity index (χ1) is 19.6. The Morgan fingerprint density at radius 2 is 1.98 bits per heavy atom. The molecule has 4 heterocycles. The van der Waals surface area contributed by atoms with Crippen molar-refractivity contribution < 1.29 is 33.8 Å². The number of benzene rings is 1. The summed E-state index contributed by atoms with van der Waals surface area (Å²) < 4.78 is 12.4. The molecule has 4 aliphatic heterocycles. The molecule has 7 atom stereocenters. The first-order valence-electron chi connectivity index (χ1n) is 14.1. The van der Waals surface area contributed by atoms with Crippen LogP contribution < -0.4 is 10.2 Å². The number of allylic oxidation sites excluding steroid dienone is 1. The highest BCUT2D eigenvalue weighted by molar-refractivity contribution is 6.34. The van der Waals surface area contributed by atoms with Gasteiger partial charge in [0.15, 0.2) is 0 Å². The molecular weight excluding hydrogens is 550 g/mol. The molecule has 2 N–H and O–H groups in total. The molecule has 11 heteroatoms. The number of hydrogen-bond donors (Lipinski definition) is 2. The van der Waals surface area contributed by atoms with Gasteiger partial charge >= 0.3 is 5.97 Å². The number of halogens is 1. The molecular formula is C30H36ClN3O7. The predicted octanol–water partition coefficient (Wildman–Crippen LogP) is 2.30. The van der Waals surface area contributed by atoms with E-state index < -0.39 is 59.5 Å². The number of carbonyl (C=O) groups excluding carboxylic acids is 4. The van der Waals surface area contributed by atoms with Gasteiger partial charge in [0, 0.05) is 13.0 Å². The Bertz CT molecular complexity index is 1270. The van der Waals surface area contributed by atoms with Crippen LogP contribution in [0.5, 0.6) is 0 Å². The van der Waals surface area contributed by atoms with Crippen molar-refractivity contribution in [2.45, 2.75) is 69.9 Å². The molecule has 0 saturated carbocycles. The molecule has 1 aromatic carbocycles. The maximum atomic E-state index is 14.6. The number of aliphatic hydroxyl groups is 1. The molecule has 0 aromatic heterocycles. The zero-order chi connectivity index (χ0) is 29.5. The third-order valence-corrected chi connectivity index (χ3v) is 8.81. The number of cyclic esters (lactones) is 1. The molecule has 0 bridgehead atoms. The molecule has 4 aliphatic rings. The largest absolute Gasteiger partial charge is 0.460 e. The Morgan fingerprint density at radius 1 is 1.20 bits per heavy atom. The van der Waals surface area contributed by atoms with E-state index >= 15 is 0 Å². The minimum absolute atomic E-state index is 0.137. The van der Waals surface area contributed by atoms with Gasteiger partial charge in [0.2, 0.25) is 11.8 Å². The highest BCUT2D eigenvalue weighted by Gasteiger charge is 2.72. The van der Waals surface area contributed by atoms with Crippen LogP contribution in [0.4, 0.5) is 5.69 Å². The van der Waals surface area contributed by atoms with Gasteiger partial charge in [-0.15, -0.1) is 0 Å². The number of carbonyl (C=O) groups is 4. The maximum absolute atomic E-state index is 14.6. The second-order valence-electron chi connectivity index (χ2n) is 11.1. The number of anilines is 1. The number of nitrogens with zero attached hydrogens (tertiary/aromatic N) is 2. The Labute approximate surface area is 244 Å². The number of amides is 3. The highest BCUT2D eigenvalue weighted by Crippen LogP contribution is 2.54. The normalized spacial score (nSPS) is 33.5. The predicted molar refractivity (Wildman–Crippen MR) is 151 cm³/mol. The number of para-hydroxylation sites is 1. The van der Waals surface area contributed by atoms with Gasteiger partial charge in [-0.3, -0.25) is 19.2 Å². The number of rotatable bonds is 4. The van der Waals surface area contributed by atoms with Crippen molar-refractivity contribution >= 4 is 41.0 Å². The summed E-state index contributed by atoms with van der Waals surface area (Å²) in [5.74, 6) is -3.76. The Balaban J connectivity index is 1.64. The number of aliphatic hydroxyl groups excluding tert-OH is 1. The number of aryl methyl sites for hydroxylation is 1. The number of hydrogen-bond acceptors (Lipinski definition) is 7. The Hall–Kier alpha value is -3.21. The fourth-order valence-electron chi connectivity index (χ4n) is 6.57. The molecule has 2 fully saturated rings. The van der Waals surface area contributed by atoms with Crippen LogP contribution in [-0.4, -0.2) is 83.3 Å². The second kappa shape index (κ2) is 11.6. The zero-order valence-corrected chi connectivity index (χ0v) is 24.2. The minimum atomic E-state index is -1.49. The van der Waals surface area contributed by atoms with E-state index in [1.54, 1.807) is 48.3 Å². The van der Waals surface area contributed by atoms with Crippen LogP contribution >= 0.6 is 11.6 Å². The van der Waals surface area contributed by atoms with E-state index in [2.05, 4.69) is 5.32 Å². The fraction of sp³-hybridized carbons (Fsp3) is 0.533. The third kappa shape index (κ3) is 4.96. The maximum Gasteiger partial charge on any atom is 0.313 e. The van der Waals surface area contributed by atoms with Crippen molar-refractivity contribution in [2.75, 3.05) is 24.6 Å². The molecule has 0 radical (unpaired) electrons. The van der Waals surface area contributed by atoms with Gasteiger partial charge < -0.3 is 29.7 Å². The van der Waals surface area contributed by atoms with Crippen LogP contribution in [0.15, 0.2) is 42.5 Å². The number of esters is 1. The average molecular weight is 586 g/mol. The van der Waals surface area contributed by atoms with Crippen molar-refractivity contribution in [3.05, 3.63) is 53.1 Å². The van der Waals surface area contributed by atoms with Crippen LogP contribution in [0.3, 0.4) is 0 Å². The van der Waals surface area contributed by atoms with E-state index in [1.807, 2.05) is 19.9 Å². The van der Waals surface area contributed by atoms with Crippen molar-refractivity contribution in [3.63, 3.8) is 0 Å². The molecule has 5 rings (SSSR count). The number of nitrogens with one attached hydrogen (secondary N) is 1. The summed E-state index contributed by atoms with van der Waals surface area (Å²) in [6.45, 7) is 5.30. The molecule has 1 aromatic rings. The van der Waals surface area contributed by atoms with Gasteiger partial charge in [0.25, 0.3) is 5.91 Å². The van der Waals surface area contributed by atoms with Crippen molar-refractivity contribution in [3.8, 4) is 0 Å². The molecule has 0 aliphatic carbocycles. The molecule has 1 spiro atoms. The summed E-state index contributed by atoms with van der Waals surface area (Å²) in [5.41, 5.74) is -0.172. The van der Waals surface area contributed by atoms with E-state index in [0.29, 0.717) is 23.6 Å². The van der Waals surface area contributed by atoms with E-state index in [9.17, 15) is 24.3 Å². The number of ether oxygens (including phenoxy) is 2. The number of fused-ring (bicyclic) bond motifs is 2. The summed E-state index contributed by atoms with van der Waals surface area (Å²) >= 11 is 6.58. The van der Waals surface area contributed by atoms with E-state index in [4.69, 9.17) is 21.1 Å². The standard InChI is InChI=1S/C30H36ClN3O7/c1-4-19(16-35)34-26-28(38)33(25-17(2)9-7-10-20(25)31)14-8-13-30(26)24(27(34)37)23-21(41-30)11-5-6-12-22(36)32-15-18(3)40-29(23)39/h5,7-11,13,18-19,21,23-24,26,35H,4,6,12,14-16H2,1-3H3,(H,32,36)/b11-5-/t18-,19+,21-,23+,24+,26-,30+/m1/s1. The molecule has 3 amide bonds. The third-order valence-electron chi connectivity index (χ3n) is 8.51. The van der Waals surface area contributed by atoms with Crippen LogP contribution in [-0.2, 0) is 28.7 Å². The fourth-order valence-corrected chi connectivity index (χ4v) is 6.90. The monoisotopic (exact) mass is 585 g/mol. The first kappa shape index (κ1) is 29.3. The van der Waals surface area contributed by atoms with Gasteiger partial charge in [-0.05, 0) is 38.3 Å². The van der Waals surface area contributed by atoms with Crippen LogP contribution in [0.25, 0.3) is 0 Å². The lowest BCUT2D eigenvalue weighted by Gasteiger charge is -2.38. The minimum Gasteiger partial charge on any atom is -0.460 e. The van der Waals surface area contributed by atoms with Crippen LogP contribution in [0, 0.1) is 18.8 Å². The van der Waals surface area contributed by atoms with Crippen LogP contribution in [0.1, 0.15) is 38.7 Å². The molecule has 220 valence electrons. The summed E-state index contributed by atoms with van der Waals surface area (Å²) in [6.07, 6.45) is 6.51. The smallest absolute Gasteiger partial charge is 0.313 e. The van der Waals surface area contributed by atoms with E-state index in [-0.39, 0.29) is 32.0 Å². The summed E-state index contributed by atoms with van der Waals surface area (Å²) in [6, 6.07) is 3.53. The zero-order valence-electron chi connectivity index (χ0n) is 23.4. The van der Waals surface area contributed by atoms with Gasteiger partial charge in [0.1, 0.15) is 23.7 Å². The molecule has 41 heavy (non-hydrogen) atoms. The van der Waals surface area contributed by atoms with Gasteiger partial charge in [-0.2, -0.15) is 0 Å². The SMILES string of the molecule is CC[C@@H](CO)N1C(=O)[C@@H]2[C@H]3C(=O)O[C@H](C)CNC(=O)CC/C=C\[C@H]3O[C@@]23C=CCN(c2c(C)cccc2Cl)C(=O)[C@@H]13. The summed E-state index contributed by atoms with van der Waals surface area (Å²) in [7, 11) is 0. The van der Waals surface area contributed by atoms with Crippen molar-refractivity contribution in [2.24, 2.45) is 11.8 Å². The Morgan fingerprint density at radius 3 is 2.68 bits per heavy atom. The van der Waals surface area contributed by atoms with Crippen molar-refractivity contribution in [1.82, 2.24) is 10.2 Å². The van der Waals surface area contributed by atoms with E-state index in [1.165, 1.54) is 4.90 Å². The molecule has 10 nitrogen and oxygen atoms in total. The summed E-state index contributed by atoms with van der Waals surface area (Å²) in [5, 5.41) is 13.4. The topological polar surface area (TPSA) is 125 Å². The molecule has 0 unspecified atom stereocenters. The highest BCUT2D eigenvalue weighted by atomic mass is 35.5. The lowest BCUT2D eigenvalue weighted by Crippen LogP contribution is -2.58. The van der Waals surface area contributed by atoms with Gasteiger partial charge in [0.05, 0.1) is 41.9 Å². The van der Waals surface area contributed by atoms with E-state index in [0.717, 1.165) is 5.56 Å². The van der Waals surface area contributed by atoms with Gasteiger partial charge in [-0.1, -0.05) is 55.0 Å². The number of likely N-dealkylation sites (tertiary alicyclic amines) is 1. The second-order valence-corrected chi connectivity index (χ2v) is 11.5. The lowest BCUT2D eigenvalue weighted by molar-refractivity contribution is -0.159. The average Bonchev–Trinajstić information content (AvgIpc) is 3.32. The molecule has 2 saturated heterocycles. The Kier molecular flexibility index (Phi) is 8.27. The van der Waals surface area contributed by atoms with Crippen molar-refractivity contribution in [1.29, 1.82) is 0 Å². The summed E-state index contributed by atoms with van der Waals surface area (Å²) in [4.78, 5) is 57.7. The van der Waals surface area contributed by atoms with Gasteiger partial charge in [-0.25, -0.2) is 0 Å². The first-order valence-corrected chi connectivity index (χ1v) is 14.5. The quantitative estimate of drug-likeness (QED) is 0.410. The van der Waals surface area contributed by atoms with Crippen LogP contribution in [0.2, 0.25) is 5.02 Å².